The fraction of sp³-hybridized carbons (Fsp3) is 0.174. The van der Waals surface area contributed by atoms with Gasteiger partial charge in [0.25, 0.3) is 11.8 Å². The number of nitrogens with one attached hydrogen (secondary N) is 2. The lowest BCUT2D eigenvalue weighted by Gasteiger charge is -2.16. The molecule has 0 saturated heterocycles. The number of ether oxygens (including phenoxy) is 2. The van der Waals surface area contributed by atoms with Crippen LogP contribution in [0.15, 0.2) is 66.7 Å². The van der Waals surface area contributed by atoms with Gasteiger partial charge in [0.1, 0.15) is 23.1 Å². The van der Waals surface area contributed by atoms with E-state index in [1.165, 1.54) is 0 Å². The van der Waals surface area contributed by atoms with Gasteiger partial charge in [-0.3, -0.25) is 9.59 Å². The highest BCUT2D eigenvalue weighted by atomic mass is 35.5. The zero-order chi connectivity index (χ0) is 23.1. The van der Waals surface area contributed by atoms with Crippen LogP contribution in [0.5, 0.6) is 11.5 Å². The Bertz CT molecular complexity index is 1030. The predicted octanol–water partition coefficient (Wildman–Crippen LogP) is 5.20. The van der Waals surface area contributed by atoms with Crippen molar-refractivity contribution in [3.8, 4) is 11.5 Å². The SMILES string of the molecule is C[C@H](Oc1cccc(Cl)c1)C(=O)Nc1cccc(NC(=O)[C@@H](C)Oc2cccc(Cl)c2)n1. The number of anilines is 2. The van der Waals surface area contributed by atoms with Crippen molar-refractivity contribution >= 4 is 46.7 Å². The molecule has 0 spiro atoms. The first-order chi connectivity index (χ1) is 15.3. The number of benzene rings is 2. The first-order valence-corrected chi connectivity index (χ1v) is 10.5. The number of halogens is 2. The molecule has 0 bridgehead atoms. The second kappa shape index (κ2) is 10.8. The molecule has 1 heterocycles. The van der Waals surface area contributed by atoms with Crippen LogP contribution in [0.2, 0.25) is 10.0 Å². The molecule has 2 amide bonds. The zero-order valence-electron chi connectivity index (χ0n) is 17.3. The summed E-state index contributed by atoms with van der Waals surface area (Å²) in [4.78, 5) is 29.1. The minimum absolute atomic E-state index is 0.262. The van der Waals surface area contributed by atoms with E-state index in [0.717, 1.165) is 0 Å². The molecule has 1 aromatic heterocycles. The van der Waals surface area contributed by atoms with Gasteiger partial charge in [-0.25, -0.2) is 4.98 Å². The smallest absolute Gasteiger partial charge is 0.266 e. The van der Waals surface area contributed by atoms with Crippen LogP contribution >= 0.6 is 23.2 Å². The lowest BCUT2D eigenvalue weighted by Crippen LogP contribution is -2.31. The minimum Gasteiger partial charge on any atom is -0.481 e. The van der Waals surface area contributed by atoms with Gasteiger partial charge in [-0.05, 0) is 62.4 Å². The van der Waals surface area contributed by atoms with Gasteiger partial charge in [0.15, 0.2) is 12.2 Å². The van der Waals surface area contributed by atoms with E-state index in [9.17, 15) is 9.59 Å². The number of hydrogen-bond acceptors (Lipinski definition) is 5. The topological polar surface area (TPSA) is 89.6 Å². The van der Waals surface area contributed by atoms with Gasteiger partial charge in [0.2, 0.25) is 0 Å². The van der Waals surface area contributed by atoms with Crippen LogP contribution in [0.1, 0.15) is 13.8 Å². The van der Waals surface area contributed by atoms with E-state index >= 15 is 0 Å². The monoisotopic (exact) mass is 473 g/mol. The maximum absolute atomic E-state index is 12.4. The summed E-state index contributed by atoms with van der Waals surface area (Å²) < 4.78 is 11.2. The van der Waals surface area contributed by atoms with Crippen LogP contribution in [-0.4, -0.2) is 29.0 Å². The molecule has 3 rings (SSSR count). The normalized spacial score (nSPS) is 12.4. The van der Waals surface area contributed by atoms with Gasteiger partial charge in [0, 0.05) is 10.0 Å². The summed E-state index contributed by atoms with van der Waals surface area (Å²) in [6.07, 6.45) is -1.58. The Balaban J connectivity index is 1.57. The van der Waals surface area contributed by atoms with E-state index in [1.54, 1.807) is 80.6 Å². The summed E-state index contributed by atoms with van der Waals surface area (Å²) in [6.45, 7) is 3.22. The van der Waals surface area contributed by atoms with Crippen molar-refractivity contribution in [2.24, 2.45) is 0 Å². The van der Waals surface area contributed by atoms with Gasteiger partial charge < -0.3 is 20.1 Å². The van der Waals surface area contributed by atoms with E-state index in [2.05, 4.69) is 15.6 Å². The van der Waals surface area contributed by atoms with Crippen LogP contribution in [0, 0.1) is 0 Å². The summed E-state index contributed by atoms with van der Waals surface area (Å²) >= 11 is 11.9. The Labute approximate surface area is 195 Å². The van der Waals surface area contributed by atoms with Gasteiger partial charge in [-0.1, -0.05) is 41.4 Å². The summed E-state index contributed by atoms with van der Waals surface area (Å²) in [5, 5.41) is 6.34. The van der Waals surface area contributed by atoms with E-state index < -0.39 is 24.0 Å². The zero-order valence-corrected chi connectivity index (χ0v) is 18.9. The number of carbonyl (C=O) groups is 2. The lowest BCUT2D eigenvalue weighted by molar-refractivity contribution is -0.122. The van der Waals surface area contributed by atoms with Crippen molar-refractivity contribution in [3.63, 3.8) is 0 Å². The highest BCUT2D eigenvalue weighted by molar-refractivity contribution is 6.31. The van der Waals surface area contributed by atoms with Crippen LogP contribution < -0.4 is 20.1 Å². The van der Waals surface area contributed by atoms with Crippen molar-refractivity contribution in [2.45, 2.75) is 26.1 Å². The molecule has 0 radical (unpaired) electrons. The minimum atomic E-state index is -0.792. The Morgan fingerprint density at radius 2 is 1.16 bits per heavy atom. The summed E-state index contributed by atoms with van der Waals surface area (Å²) in [6, 6.07) is 18.4. The maximum atomic E-state index is 12.4. The van der Waals surface area contributed by atoms with E-state index in [-0.39, 0.29) is 11.6 Å². The van der Waals surface area contributed by atoms with Crippen molar-refractivity contribution in [2.75, 3.05) is 10.6 Å². The Morgan fingerprint density at radius 1 is 0.750 bits per heavy atom. The number of pyridine rings is 1. The van der Waals surface area contributed by atoms with Gasteiger partial charge in [-0.2, -0.15) is 0 Å². The third-order valence-electron chi connectivity index (χ3n) is 4.21. The summed E-state index contributed by atoms with van der Waals surface area (Å²) in [5.41, 5.74) is 0. The van der Waals surface area contributed by atoms with E-state index in [0.29, 0.717) is 21.5 Å². The van der Waals surface area contributed by atoms with Gasteiger partial charge >= 0.3 is 0 Å². The predicted molar refractivity (Wildman–Crippen MR) is 125 cm³/mol. The molecule has 32 heavy (non-hydrogen) atoms. The molecule has 0 saturated carbocycles. The molecule has 2 N–H and O–H groups in total. The number of amides is 2. The third kappa shape index (κ3) is 6.87. The number of rotatable bonds is 8. The van der Waals surface area contributed by atoms with Crippen LogP contribution in [0.4, 0.5) is 11.6 Å². The molecule has 0 aliphatic rings. The Kier molecular flexibility index (Phi) is 7.92. The highest BCUT2D eigenvalue weighted by Crippen LogP contribution is 2.20. The van der Waals surface area contributed by atoms with Crippen LogP contribution in [0.3, 0.4) is 0 Å². The lowest BCUT2D eigenvalue weighted by atomic mass is 10.3. The molecule has 9 heteroatoms. The molecule has 0 unspecified atom stereocenters. The molecule has 166 valence electrons. The van der Waals surface area contributed by atoms with E-state index in [4.69, 9.17) is 32.7 Å². The molecular formula is C23H21Cl2N3O4. The van der Waals surface area contributed by atoms with Gasteiger partial charge in [0.05, 0.1) is 0 Å². The first kappa shape index (κ1) is 23.4. The fourth-order valence-electron chi connectivity index (χ4n) is 2.63. The van der Waals surface area contributed by atoms with Crippen molar-refractivity contribution in [1.29, 1.82) is 0 Å². The average Bonchev–Trinajstić information content (AvgIpc) is 2.74. The average molecular weight is 474 g/mol. The van der Waals surface area contributed by atoms with Crippen molar-refractivity contribution in [1.82, 2.24) is 4.98 Å². The first-order valence-electron chi connectivity index (χ1n) is 9.73. The number of aromatic nitrogens is 1. The number of nitrogens with zero attached hydrogens (tertiary/aromatic N) is 1. The molecule has 7 nitrogen and oxygen atoms in total. The largest absolute Gasteiger partial charge is 0.481 e. The van der Waals surface area contributed by atoms with E-state index in [1.807, 2.05) is 0 Å². The maximum Gasteiger partial charge on any atom is 0.266 e. The molecule has 2 aromatic carbocycles. The number of hydrogen-bond donors (Lipinski definition) is 2. The molecule has 0 aliphatic carbocycles. The van der Waals surface area contributed by atoms with Crippen LogP contribution in [-0.2, 0) is 9.59 Å². The highest BCUT2D eigenvalue weighted by Gasteiger charge is 2.18. The van der Waals surface area contributed by atoms with Crippen molar-refractivity contribution in [3.05, 3.63) is 76.8 Å². The molecular weight excluding hydrogens is 453 g/mol. The fourth-order valence-corrected chi connectivity index (χ4v) is 2.99. The standard InChI is InChI=1S/C23H21Cl2N3O4/c1-14(31-18-8-3-6-16(24)12-18)22(29)27-20-10-5-11-21(26-20)28-23(30)15(2)32-19-9-4-7-17(25)13-19/h3-15H,1-2H3,(H2,26,27,28,29,30)/t14-,15+. The Hall–Kier alpha value is -3.29. The Morgan fingerprint density at radius 3 is 1.56 bits per heavy atom. The quantitative estimate of drug-likeness (QED) is 0.469. The molecule has 3 aromatic rings. The molecule has 0 aliphatic heterocycles. The summed E-state index contributed by atoms with van der Waals surface area (Å²) in [5.74, 6) is 0.665. The second-order valence-electron chi connectivity index (χ2n) is 6.82. The molecule has 2 atom stereocenters. The third-order valence-corrected chi connectivity index (χ3v) is 4.68. The van der Waals surface area contributed by atoms with Crippen LogP contribution in [0.25, 0.3) is 0 Å². The van der Waals surface area contributed by atoms with Gasteiger partial charge in [-0.15, -0.1) is 0 Å². The second-order valence-corrected chi connectivity index (χ2v) is 7.69. The summed E-state index contributed by atoms with van der Waals surface area (Å²) in [7, 11) is 0. The van der Waals surface area contributed by atoms with Crippen molar-refractivity contribution < 1.29 is 19.1 Å². The number of carbonyl (C=O) groups excluding carboxylic acids is 2. The molecule has 0 fully saturated rings.